The lowest BCUT2D eigenvalue weighted by molar-refractivity contribution is -0.0589. The van der Waals surface area contributed by atoms with Gasteiger partial charge < -0.3 is 19.1 Å². The van der Waals surface area contributed by atoms with E-state index in [-0.39, 0.29) is 47.4 Å². The van der Waals surface area contributed by atoms with Crippen molar-refractivity contribution in [3.05, 3.63) is 137 Å². The highest BCUT2D eigenvalue weighted by Gasteiger charge is 2.23. The molecule has 0 spiro atoms. The number of halogens is 2. The normalized spacial score (nSPS) is 13.8. The Morgan fingerprint density at radius 3 is 2.50 bits per heavy atom. The highest BCUT2D eigenvalue weighted by atomic mass is 19.1. The second kappa shape index (κ2) is 13.4. The first-order valence-electron chi connectivity index (χ1n) is 15.2. The number of benzene rings is 3. The number of aromatic nitrogens is 5. The molecule has 9 nitrogen and oxygen atoms in total. The predicted octanol–water partition coefficient (Wildman–Crippen LogP) is 6.22. The Bertz CT molecular complexity index is 2190. The molecule has 0 saturated carbocycles. The van der Waals surface area contributed by atoms with Crippen molar-refractivity contribution in [2.24, 2.45) is 0 Å². The van der Waals surface area contributed by atoms with Gasteiger partial charge in [0, 0.05) is 42.6 Å². The number of carbonyl (C=O) groups is 1. The van der Waals surface area contributed by atoms with Gasteiger partial charge in [-0.1, -0.05) is 30.0 Å². The van der Waals surface area contributed by atoms with Crippen molar-refractivity contribution in [2.75, 3.05) is 6.61 Å². The zero-order valence-corrected chi connectivity index (χ0v) is 25.4. The molecule has 3 aromatic heterocycles. The molecule has 0 amide bonds. The number of aromatic carboxylic acids is 1. The van der Waals surface area contributed by atoms with Crippen molar-refractivity contribution < 1.29 is 28.2 Å². The second-order valence-corrected chi connectivity index (χ2v) is 11.3. The number of hydrogen-bond acceptors (Lipinski definition) is 7. The number of rotatable bonds is 9. The van der Waals surface area contributed by atoms with Crippen LogP contribution < -0.4 is 4.74 Å². The fourth-order valence-corrected chi connectivity index (χ4v) is 5.36. The zero-order chi connectivity index (χ0) is 33.0. The maximum atomic E-state index is 15.6. The summed E-state index contributed by atoms with van der Waals surface area (Å²) < 4.78 is 44.4. The van der Waals surface area contributed by atoms with Crippen molar-refractivity contribution in [1.82, 2.24) is 24.5 Å². The number of carboxylic acid groups (broad SMARTS) is 1. The molecule has 1 N–H and O–H groups in total. The van der Waals surface area contributed by atoms with E-state index in [2.05, 4.69) is 31.8 Å². The summed E-state index contributed by atoms with van der Waals surface area (Å²) in [6.45, 7) is 1.28. The number of carboxylic acids is 1. The summed E-state index contributed by atoms with van der Waals surface area (Å²) in [5, 5.41) is 9.49. The minimum Gasteiger partial charge on any atom is -0.478 e. The van der Waals surface area contributed by atoms with Crippen molar-refractivity contribution in [3.8, 4) is 29.0 Å². The van der Waals surface area contributed by atoms with E-state index < -0.39 is 17.6 Å². The van der Waals surface area contributed by atoms with Gasteiger partial charge in [-0.25, -0.2) is 33.5 Å². The van der Waals surface area contributed by atoms with Gasteiger partial charge in [0.05, 0.1) is 40.5 Å². The number of hydrogen-bond donors (Lipinski definition) is 1. The van der Waals surface area contributed by atoms with Crippen LogP contribution in [0.1, 0.15) is 44.9 Å². The van der Waals surface area contributed by atoms with Crippen LogP contribution in [0.5, 0.6) is 5.88 Å². The number of pyridine rings is 1. The molecule has 48 heavy (non-hydrogen) atoms. The Morgan fingerprint density at radius 2 is 1.75 bits per heavy atom. The average Bonchev–Trinajstić information content (AvgIpc) is 3.42. The number of fused-ring (bicyclic) bond motifs is 1. The van der Waals surface area contributed by atoms with Crippen LogP contribution in [0.4, 0.5) is 8.78 Å². The average molecular weight is 644 g/mol. The standard InChI is InChI=1S/C37H27F2N5O4/c38-30-17-29(32-2-1-3-36(43-32)48-21-24-7-4-23(5-8-24)6-9-25-18-40-22-41-19-25)31(39)14-27(30)16-35-42-33-11-10-26(37(45)46)15-34(33)44(35)20-28-12-13-47-28/h1-5,7-8,10-11,14-15,17-19,22,28H,12-13,16,20-21H2,(H,45,46)/t28-/m0/s1. The van der Waals surface area contributed by atoms with Gasteiger partial charge in [0.1, 0.15) is 30.4 Å². The highest BCUT2D eigenvalue weighted by molar-refractivity contribution is 5.92. The molecule has 4 heterocycles. The molecule has 1 saturated heterocycles. The first-order chi connectivity index (χ1) is 23.4. The SMILES string of the molecule is O=C(O)c1ccc2nc(Cc3cc(F)c(-c4cccc(OCc5ccc(C#Cc6cncnc6)cc5)n4)cc3F)n(C[C@@H]3CCO3)c2c1. The Labute approximate surface area is 273 Å². The minimum atomic E-state index is -1.06. The van der Waals surface area contributed by atoms with Crippen LogP contribution in [0.3, 0.4) is 0 Å². The van der Waals surface area contributed by atoms with Crippen LogP contribution in [0.15, 0.2) is 91.5 Å². The second-order valence-electron chi connectivity index (χ2n) is 11.3. The third-order valence-corrected chi connectivity index (χ3v) is 7.99. The lowest BCUT2D eigenvalue weighted by Crippen LogP contribution is -2.31. The van der Waals surface area contributed by atoms with Crippen LogP contribution in [-0.4, -0.2) is 48.3 Å². The zero-order valence-electron chi connectivity index (χ0n) is 25.4. The molecule has 1 fully saturated rings. The van der Waals surface area contributed by atoms with Crippen LogP contribution >= 0.6 is 0 Å². The van der Waals surface area contributed by atoms with E-state index in [1.807, 2.05) is 28.8 Å². The lowest BCUT2D eigenvalue weighted by atomic mass is 10.0. The largest absolute Gasteiger partial charge is 0.478 e. The van der Waals surface area contributed by atoms with Crippen LogP contribution in [-0.2, 0) is 24.3 Å². The van der Waals surface area contributed by atoms with E-state index in [1.165, 1.54) is 12.4 Å². The van der Waals surface area contributed by atoms with Crippen LogP contribution in [0.2, 0.25) is 0 Å². The number of nitrogens with zero attached hydrogens (tertiary/aromatic N) is 5. The highest BCUT2D eigenvalue weighted by Crippen LogP contribution is 2.29. The molecular formula is C37H27F2N5O4. The molecule has 11 heteroatoms. The van der Waals surface area contributed by atoms with Gasteiger partial charge in [-0.3, -0.25) is 0 Å². The van der Waals surface area contributed by atoms with Crippen LogP contribution in [0, 0.1) is 23.5 Å². The molecule has 6 aromatic rings. The molecule has 238 valence electrons. The maximum absolute atomic E-state index is 15.6. The van der Waals surface area contributed by atoms with Gasteiger partial charge in [-0.05, 0) is 66.1 Å². The Hall–Kier alpha value is -5.99. The predicted molar refractivity (Wildman–Crippen MR) is 172 cm³/mol. The Balaban J connectivity index is 1.07. The van der Waals surface area contributed by atoms with Crippen molar-refractivity contribution in [3.63, 3.8) is 0 Å². The topological polar surface area (TPSA) is 112 Å². The Kier molecular flexibility index (Phi) is 8.55. The van der Waals surface area contributed by atoms with Crippen LogP contribution in [0.25, 0.3) is 22.3 Å². The quantitative estimate of drug-likeness (QED) is 0.185. The summed E-state index contributed by atoms with van der Waals surface area (Å²) in [6.07, 6.45) is 5.51. The summed E-state index contributed by atoms with van der Waals surface area (Å²) in [6, 6.07) is 19.4. The van der Waals surface area contributed by atoms with E-state index in [4.69, 9.17) is 9.47 Å². The van der Waals surface area contributed by atoms with Crippen molar-refractivity contribution in [1.29, 1.82) is 0 Å². The van der Waals surface area contributed by atoms with Gasteiger partial charge >= 0.3 is 5.97 Å². The number of imidazole rings is 1. The first kappa shape index (κ1) is 30.7. The monoisotopic (exact) mass is 643 g/mol. The maximum Gasteiger partial charge on any atom is 0.335 e. The van der Waals surface area contributed by atoms with E-state index in [0.29, 0.717) is 30.0 Å². The summed E-state index contributed by atoms with van der Waals surface area (Å²) in [5.41, 5.74) is 4.03. The fourth-order valence-electron chi connectivity index (χ4n) is 5.36. The van der Waals surface area contributed by atoms with Gasteiger partial charge in [-0.15, -0.1) is 0 Å². The molecule has 0 unspecified atom stereocenters. The van der Waals surface area contributed by atoms with Crippen molar-refractivity contribution in [2.45, 2.75) is 32.1 Å². The first-order valence-corrected chi connectivity index (χ1v) is 15.2. The van der Waals surface area contributed by atoms with E-state index in [1.54, 1.807) is 42.7 Å². The minimum absolute atomic E-state index is 0.00378. The van der Waals surface area contributed by atoms with E-state index in [0.717, 1.165) is 35.2 Å². The molecule has 1 atom stereocenters. The van der Waals surface area contributed by atoms with E-state index >= 15 is 8.78 Å². The smallest absolute Gasteiger partial charge is 0.335 e. The summed E-state index contributed by atoms with van der Waals surface area (Å²) in [4.78, 5) is 28.6. The summed E-state index contributed by atoms with van der Waals surface area (Å²) in [7, 11) is 0. The third-order valence-electron chi connectivity index (χ3n) is 7.99. The molecule has 1 aliphatic heterocycles. The van der Waals surface area contributed by atoms with Crippen molar-refractivity contribution >= 4 is 17.0 Å². The molecular weight excluding hydrogens is 616 g/mol. The molecule has 0 aliphatic carbocycles. The Morgan fingerprint density at radius 1 is 0.958 bits per heavy atom. The molecule has 7 rings (SSSR count). The molecule has 3 aromatic carbocycles. The van der Waals surface area contributed by atoms with Gasteiger partial charge in [0.2, 0.25) is 5.88 Å². The molecule has 0 radical (unpaired) electrons. The molecule has 1 aliphatic rings. The third kappa shape index (κ3) is 6.74. The van der Waals surface area contributed by atoms with Gasteiger partial charge in [0.25, 0.3) is 0 Å². The summed E-state index contributed by atoms with van der Waals surface area (Å²) >= 11 is 0. The number of ether oxygens (including phenoxy) is 2. The lowest BCUT2D eigenvalue weighted by Gasteiger charge is -2.27. The molecule has 0 bridgehead atoms. The van der Waals surface area contributed by atoms with Gasteiger partial charge in [0.15, 0.2) is 0 Å². The van der Waals surface area contributed by atoms with E-state index in [9.17, 15) is 9.90 Å². The van der Waals surface area contributed by atoms with Gasteiger partial charge in [-0.2, -0.15) is 0 Å². The fraction of sp³-hybridized carbons (Fsp3) is 0.162. The summed E-state index contributed by atoms with van der Waals surface area (Å²) in [5.74, 6) is 4.49.